The Morgan fingerprint density at radius 2 is 1.35 bits per heavy atom. The second-order valence-corrected chi connectivity index (χ2v) is 10.2. The van der Waals surface area contributed by atoms with Crippen molar-refractivity contribution in [3.63, 3.8) is 0 Å². The van der Waals surface area contributed by atoms with Gasteiger partial charge in [0.05, 0.1) is 23.7 Å². The van der Waals surface area contributed by atoms with E-state index < -0.39 is 16.9 Å². The summed E-state index contributed by atoms with van der Waals surface area (Å²) >= 11 is 0. The van der Waals surface area contributed by atoms with Crippen LogP contribution >= 0.6 is 0 Å². The molecule has 0 aliphatic rings. The summed E-state index contributed by atoms with van der Waals surface area (Å²) in [4.78, 5) is 34.7. The number of nitrogens with zero attached hydrogens (tertiary/aromatic N) is 1. The molecule has 0 unspecified atom stereocenters. The fourth-order valence-corrected chi connectivity index (χ4v) is 4.29. The van der Waals surface area contributed by atoms with Gasteiger partial charge in [-0.1, -0.05) is 63.8 Å². The minimum atomic E-state index is -0.928. The lowest BCUT2D eigenvalue weighted by Crippen LogP contribution is -2.10. The van der Waals surface area contributed by atoms with Crippen LogP contribution in [0.3, 0.4) is 0 Å². The van der Waals surface area contributed by atoms with Gasteiger partial charge in [0.1, 0.15) is 11.5 Å². The summed E-state index contributed by atoms with van der Waals surface area (Å²) in [5.74, 6) is -0.420. The Balaban J connectivity index is 1.46. The Morgan fingerprint density at radius 3 is 1.95 bits per heavy atom. The van der Waals surface area contributed by atoms with Gasteiger partial charge in [-0.3, -0.25) is 10.1 Å². The summed E-state index contributed by atoms with van der Waals surface area (Å²) in [5, 5.41) is 20.6. The molecule has 0 fully saturated rings. The van der Waals surface area contributed by atoms with Crippen molar-refractivity contribution in [2.24, 2.45) is 0 Å². The SMILES string of the molecule is C=C(CCCCCCCCOc1ccc(C(=O)Oc2ccc(-c3ccc(OCCCC)cc3)cc2[N+](=O)[O-])cc1)C(=O)O. The lowest BCUT2D eigenvalue weighted by molar-refractivity contribution is -0.385. The largest absolute Gasteiger partial charge is 0.494 e. The van der Waals surface area contributed by atoms with E-state index >= 15 is 0 Å². The van der Waals surface area contributed by atoms with E-state index in [0.29, 0.717) is 30.9 Å². The van der Waals surface area contributed by atoms with Crippen LogP contribution in [0.15, 0.2) is 78.9 Å². The Kier molecular flexibility index (Phi) is 13.2. The molecule has 0 aliphatic carbocycles. The van der Waals surface area contributed by atoms with Crippen LogP contribution in [-0.4, -0.2) is 35.2 Å². The number of nitro groups is 1. The molecule has 3 aromatic rings. The quantitative estimate of drug-likeness (QED) is 0.0369. The molecule has 43 heavy (non-hydrogen) atoms. The Morgan fingerprint density at radius 1 is 0.791 bits per heavy atom. The molecule has 3 aromatic carbocycles. The average molecular weight is 590 g/mol. The predicted octanol–water partition coefficient (Wildman–Crippen LogP) is 8.41. The van der Waals surface area contributed by atoms with Crippen molar-refractivity contribution in [3.8, 4) is 28.4 Å². The van der Waals surface area contributed by atoms with Gasteiger partial charge in [0.25, 0.3) is 0 Å². The molecule has 0 radical (unpaired) electrons. The molecule has 0 amide bonds. The summed E-state index contributed by atoms with van der Waals surface area (Å²) in [6.07, 6.45) is 8.29. The van der Waals surface area contributed by atoms with E-state index in [1.807, 2.05) is 24.3 Å². The van der Waals surface area contributed by atoms with Crippen LogP contribution < -0.4 is 14.2 Å². The van der Waals surface area contributed by atoms with Gasteiger partial charge in [-0.05, 0) is 79.3 Å². The summed E-state index contributed by atoms with van der Waals surface area (Å²) in [7, 11) is 0. The van der Waals surface area contributed by atoms with E-state index in [4.69, 9.17) is 19.3 Å². The van der Waals surface area contributed by atoms with E-state index in [1.54, 1.807) is 30.3 Å². The standard InChI is InChI=1S/C34H39NO8/c1-3-4-22-41-29-17-12-26(13-18-29)28-16-21-32(31(24-28)35(39)40)43-34(38)27-14-19-30(20-15-27)42-23-10-8-6-5-7-9-11-25(2)33(36)37/h12-21,24H,2-11,22-23H2,1H3,(H,36,37). The van der Waals surface area contributed by atoms with Crippen molar-refractivity contribution in [1.82, 2.24) is 0 Å². The normalized spacial score (nSPS) is 10.6. The molecule has 0 atom stereocenters. The molecule has 9 nitrogen and oxygen atoms in total. The second kappa shape index (κ2) is 17.3. The van der Waals surface area contributed by atoms with Crippen molar-refractivity contribution in [1.29, 1.82) is 0 Å². The van der Waals surface area contributed by atoms with Gasteiger partial charge in [-0.2, -0.15) is 0 Å². The maximum Gasteiger partial charge on any atom is 0.343 e. The highest BCUT2D eigenvalue weighted by Crippen LogP contribution is 2.33. The molecular formula is C34H39NO8. The van der Waals surface area contributed by atoms with Gasteiger partial charge < -0.3 is 19.3 Å². The fraction of sp³-hybridized carbons (Fsp3) is 0.353. The first-order valence-electron chi connectivity index (χ1n) is 14.7. The number of hydrogen-bond donors (Lipinski definition) is 1. The van der Waals surface area contributed by atoms with Crippen LogP contribution in [-0.2, 0) is 4.79 Å². The highest BCUT2D eigenvalue weighted by molar-refractivity contribution is 5.92. The van der Waals surface area contributed by atoms with Crippen LogP contribution in [0.25, 0.3) is 11.1 Å². The number of carboxylic acid groups (broad SMARTS) is 1. The maximum absolute atomic E-state index is 12.7. The minimum absolute atomic E-state index is 0.134. The first kappa shape index (κ1) is 32.8. The predicted molar refractivity (Wildman–Crippen MR) is 165 cm³/mol. The molecule has 9 heteroatoms. The third-order valence-corrected chi connectivity index (χ3v) is 6.85. The van der Waals surface area contributed by atoms with Gasteiger partial charge in [0.2, 0.25) is 5.75 Å². The smallest absolute Gasteiger partial charge is 0.343 e. The number of esters is 1. The zero-order valence-electron chi connectivity index (χ0n) is 24.6. The van der Waals surface area contributed by atoms with Crippen LogP contribution in [0, 0.1) is 10.1 Å². The van der Waals surface area contributed by atoms with Crippen LogP contribution in [0.5, 0.6) is 17.2 Å². The van der Waals surface area contributed by atoms with Crippen molar-refractivity contribution >= 4 is 17.6 Å². The maximum atomic E-state index is 12.7. The molecule has 0 saturated carbocycles. The zero-order chi connectivity index (χ0) is 31.0. The van der Waals surface area contributed by atoms with Gasteiger partial charge in [0, 0.05) is 11.6 Å². The second-order valence-electron chi connectivity index (χ2n) is 10.2. The third kappa shape index (κ3) is 10.9. The number of ether oxygens (including phenoxy) is 3. The van der Waals surface area contributed by atoms with E-state index in [-0.39, 0.29) is 22.6 Å². The molecule has 0 bridgehead atoms. The van der Waals surface area contributed by atoms with Gasteiger partial charge in [0.15, 0.2) is 0 Å². The topological polar surface area (TPSA) is 125 Å². The number of rotatable bonds is 19. The number of carbonyl (C=O) groups is 2. The average Bonchev–Trinajstić information content (AvgIpc) is 3.01. The summed E-state index contributed by atoms with van der Waals surface area (Å²) in [5.41, 5.74) is 1.60. The lowest BCUT2D eigenvalue weighted by atomic mass is 10.0. The summed E-state index contributed by atoms with van der Waals surface area (Å²) in [6, 6.07) is 18.3. The van der Waals surface area contributed by atoms with Crippen molar-refractivity contribution in [2.45, 2.75) is 64.7 Å². The molecule has 3 rings (SSSR count). The van der Waals surface area contributed by atoms with E-state index in [0.717, 1.165) is 62.7 Å². The van der Waals surface area contributed by atoms with Crippen LogP contribution in [0.2, 0.25) is 0 Å². The van der Waals surface area contributed by atoms with E-state index in [2.05, 4.69) is 13.5 Å². The number of carbonyl (C=O) groups excluding carboxylic acids is 1. The number of hydrogen-bond acceptors (Lipinski definition) is 7. The molecule has 0 aliphatic heterocycles. The van der Waals surface area contributed by atoms with Crippen molar-refractivity contribution in [2.75, 3.05) is 13.2 Å². The Labute approximate surface area is 252 Å². The zero-order valence-corrected chi connectivity index (χ0v) is 24.6. The molecule has 1 N–H and O–H groups in total. The van der Waals surface area contributed by atoms with Crippen LogP contribution in [0.1, 0.15) is 75.1 Å². The number of unbranched alkanes of at least 4 members (excludes halogenated alkanes) is 6. The Bertz CT molecular complexity index is 1370. The molecule has 0 heterocycles. The van der Waals surface area contributed by atoms with Crippen LogP contribution in [0.4, 0.5) is 5.69 Å². The number of carboxylic acids is 1. The molecule has 0 saturated heterocycles. The molecule has 228 valence electrons. The van der Waals surface area contributed by atoms with E-state index in [9.17, 15) is 19.7 Å². The number of aliphatic carboxylic acids is 1. The van der Waals surface area contributed by atoms with Gasteiger partial charge in [-0.15, -0.1) is 0 Å². The first-order valence-corrected chi connectivity index (χ1v) is 14.7. The van der Waals surface area contributed by atoms with E-state index in [1.165, 1.54) is 12.1 Å². The fourth-order valence-electron chi connectivity index (χ4n) is 4.29. The summed E-state index contributed by atoms with van der Waals surface area (Å²) < 4.78 is 16.8. The van der Waals surface area contributed by atoms with Gasteiger partial charge >= 0.3 is 17.6 Å². The monoisotopic (exact) mass is 589 g/mol. The Hall–Kier alpha value is -4.66. The van der Waals surface area contributed by atoms with Crippen molar-refractivity contribution < 1.29 is 33.8 Å². The number of benzene rings is 3. The molecule has 0 aromatic heterocycles. The highest BCUT2D eigenvalue weighted by atomic mass is 16.6. The summed E-state index contributed by atoms with van der Waals surface area (Å²) in [6.45, 7) is 6.80. The first-order chi connectivity index (χ1) is 20.8. The minimum Gasteiger partial charge on any atom is -0.494 e. The highest BCUT2D eigenvalue weighted by Gasteiger charge is 2.20. The molecule has 0 spiro atoms. The van der Waals surface area contributed by atoms with Gasteiger partial charge in [-0.25, -0.2) is 9.59 Å². The number of nitro benzene ring substituents is 1. The van der Waals surface area contributed by atoms with Crippen molar-refractivity contribution in [3.05, 3.63) is 94.6 Å². The molecular weight excluding hydrogens is 550 g/mol. The third-order valence-electron chi connectivity index (χ3n) is 6.85. The lowest BCUT2D eigenvalue weighted by Gasteiger charge is -2.10.